The van der Waals surface area contributed by atoms with Crippen molar-refractivity contribution < 1.29 is 4.42 Å². The molecule has 3 rings (SSSR count). The van der Waals surface area contributed by atoms with Crippen LogP contribution in [-0.4, -0.2) is 21.1 Å². The summed E-state index contributed by atoms with van der Waals surface area (Å²) in [5.74, 6) is 1.95. The van der Waals surface area contributed by atoms with Crippen LogP contribution in [0, 0.1) is 20.8 Å². The molecule has 20 heavy (non-hydrogen) atoms. The molecule has 5 nitrogen and oxygen atoms in total. The molecule has 0 amide bonds. The highest BCUT2D eigenvalue weighted by Crippen LogP contribution is 2.18. The number of rotatable bonds is 4. The quantitative estimate of drug-likeness (QED) is 0.792. The minimum Gasteiger partial charge on any atom is -0.469 e. The molecule has 0 aliphatic rings. The smallest absolute Gasteiger partial charge is 0.160 e. The molecule has 1 N–H and O–H groups in total. The molecule has 0 fully saturated rings. The highest BCUT2D eigenvalue weighted by molar-refractivity contribution is 5.55. The molecule has 0 atom stereocenters. The summed E-state index contributed by atoms with van der Waals surface area (Å²) < 4.78 is 7.21. The van der Waals surface area contributed by atoms with Gasteiger partial charge in [-0.2, -0.15) is 9.61 Å². The van der Waals surface area contributed by atoms with Gasteiger partial charge < -0.3 is 9.73 Å². The molecule has 0 radical (unpaired) electrons. The fourth-order valence-electron chi connectivity index (χ4n) is 2.25. The Balaban J connectivity index is 1.85. The maximum absolute atomic E-state index is 5.33. The molecule has 104 valence electrons. The van der Waals surface area contributed by atoms with Gasteiger partial charge in [-0.1, -0.05) is 0 Å². The van der Waals surface area contributed by atoms with Gasteiger partial charge in [0.25, 0.3) is 0 Å². The molecular formula is C15H18N4O. The van der Waals surface area contributed by atoms with E-state index in [1.165, 1.54) is 0 Å². The third kappa shape index (κ3) is 2.27. The number of furan rings is 1. The molecule has 5 heteroatoms. The van der Waals surface area contributed by atoms with Crippen LogP contribution in [0.2, 0.25) is 0 Å². The van der Waals surface area contributed by atoms with Crippen molar-refractivity contribution in [1.82, 2.24) is 14.6 Å². The maximum Gasteiger partial charge on any atom is 0.160 e. The predicted octanol–water partition coefficient (Wildman–Crippen LogP) is 2.90. The summed E-state index contributed by atoms with van der Waals surface area (Å²) in [7, 11) is 0. The van der Waals surface area contributed by atoms with E-state index in [0.29, 0.717) is 0 Å². The molecule has 0 aliphatic heterocycles. The minimum absolute atomic E-state index is 0.796. The Hall–Kier alpha value is -2.30. The second kappa shape index (κ2) is 5.00. The molecule has 0 saturated carbocycles. The Kier molecular flexibility index (Phi) is 3.18. The predicted molar refractivity (Wildman–Crippen MR) is 78.1 cm³/mol. The lowest BCUT2D eigenvalue weighted by molar-refractivity contribution is 0.512. The summed E-state index contributed by atoms with van der Waals surface area (Å²) >= 11 is 0. The van der Waals surface area contributed by atoms with Crippen molar-refractivity contribution in [2.45, 2.75) is 27.2 Å². The second-order valence-corrected chi connectivity index (χ2v) is 4.98. The number of aromatic nitrogens is 3. The molecule has 0 aliphatic carbocycles. The molecule has 3 aromatic heterocycles. The first-order valence-corrected chi connectivity index (χ1v) is 6.75. The second-order valence-electron chi connectivity index (χ2n) is 4.98. The third-order valence-corrected chi connectivity index (χ3v) is 3.44. The van der Waals surface area contributed by atoms with Crippen molar-refractivity contribution in [3.8, 4) is 0 Å². The van der Waals surface area contributed by atoms with E-state index in [2.05, 4.69) is 22.3 Å². The Labute approximate surface area is 117 Å². The summed E-state index contributed by atoms with van der Waals surface area (Å²) in [6.07, 6.45) is 2.54. The van der Waals surface area contributed by atoms with Gasteiger partial charge in [0.1, 0.15) is 11.6 Å². The van der Waals surface area contributed by atoms with Crippen LogP contribution in [0.5, 0.6) is 0 Å². The first-order chi connectivity index (χ1) is 9.65. The lowest BCUT2D eigenvalue weighted by Crippen LogP contribution is -2.10. The molecular weight excluding hydrogens is 252 g/mol. The highest BCUT2D eigenvalue weighted by Gasteiger charge is 2.10. The number of aryl methyl sites for hydroxylation is 3. The van der Waals surface area contributed by atoms with Crippen LogP contribution in [-0.2, 0) is 6.42 Å². The molecule has 3 aromatic rings. The topological polar surface area (TPSA) is 55.4 Å². The molecule has 0 unspecified atom stereocenters. The standard InChI is InChI=1S/C15H18N4O/c1-10-9-14(16-7-6-13-5-4-8-20-13)19-15(17-10)11(2)12(3)18-19/h4-5,8-9,16H,6-7H2,1-3H3. The van der Waals surface area contributed by atoms with Crippen LogP contribution < -0.4 is 5.32 Å². The van der Waals surface area contributed by atoms with Crippen molar-refractivity contribution in [2.24, 2.45) is 0 Å². The van der Waals surface area contributed by atoms with Crippen molar-refractivity contribution in [2.75, 3.05) is 11.9 Å². The van der Waals surface area contributed by atoms with Crippen LogP contribution in [0.15, 0.2) is 28.9 Å². The highest BCUT2D eigenvalue weighted by atomic mass is 16.3. The monoisotopic (exact) mass is 270 g/mol. The van der Waals surface area contributed by atoms with E-state index in [1.807, 2.05) is 36.6 Å². The van der Waals surface area contributed by atoms with Gasteiger partial charge >= 0.3 is 0 Å². The number of hydrogen-bond donors (Lipinski definition) is 1. The van der Waals surface area contributed by atoms with Crippen molar-refractivity contribution >= 4 is 11.5 Å². The first-order valence-electron chi connectivity index (χ1n) is 6.75. The van der Waals surface area contributed by atoms with Gasteiger partial charge in [0.15, 0.2) is 5.65 Å². The van der Waals surface area contributed by atoms with E-state index in [1.54, 1.807) is 6.26 Å². The van der Waals surface area contributed by atoms with Crippen molar-refractivity contribution in [3.05, 3.63) is 47.2 Å². The molecule has 0 bridgehead atoms. The number of anilines is 1. The summed E-state index contributed by atoms with van der Waals surface area (Å²) in [5.41, 5.74) is 4.05. The average Bonchev–Trinajstić information content (AvgIpc) is 3.01. The lowest BCUT2D eigenvalue weighted by atomic mass is 10.3. The van der Waals surface area contributed by atoms with Gasteiger partial charge in [0, 0.05) is 30.3 Å². The normalized spacial score (nSPS) is 11.2. The molecule has 0 saturated heterocycles. The Bertz CT molecular complexity index is 728. The zero-order valence-corrected chi connectivity index (χ0v) is 12.0. The number of nitrogens with zero attached hydrogens (tertiary/aromatic N) is 3. The largest absolute Gasteiger partial charge is 0.469 e. The molecule has 3 heterocycles. The summed E-state index contributed by atoms with van der Waals surface area (Å²) in [6, 6.07) is 5.91. The van der Waals surface area contributed by atoms with Gasteiger partial charge in [0.05, 0.1) is 12.0 Å². The van der Waals surface area contributed by atoms with E-state index < -0.39 is 0 Å². The van der Waals surface area contributed by atoms with Crippen molar-refractivity contribution in [1.29, 1.82) is 0 Å². The van der Waals surface area contributed by atoms with E-state index in [9.17, 15) is 0 Å². The summed E-state index contributed by atoms with van der Waals surface area (Å²) in [4.78, 5) is 4.56. The number of fused-ring (bicyclic) bond motifs is 1. The van der Waals surface area contributed by atoms with E-state index in [0.717, 1.165) is 47.1 Å². The lowest BCUT2D eigenvalue weighted by Gasteiger charge is -2.08. The Morgan fingerprint density at radius 3 is 2.90 bits per heavy atom. The Morgan fingerprint density at radius 2 is 2.15 bits per heavy atom. The SMILES string of the molecule is Cc1cc(NCCc2ccco2)n2nc(C)c(C)c2n1. The number of nitrogens with one attached hydrogen (secondary N) is 1. The molecule has 0 spiro atoms. The van der Waals surface area contributed by atoms with Crippen LogP contribution in [0.4, 0.5) is 5.82 Å². The van der Waals surface area contributed by atoms with E-state index in [-0.39, 0.29) is 0 Å². The fraction of sp³-hybridized carbons (Fsp3) is 0.333. The minimum atomic E-state index is 0.796. The van der Waals surface area contributed by atoms with Gasteiger partial charge in [-0.05, 0) is 32.9 Å². The van der Waals surface area contributed by atoms with Crippen LogP contribution in [0.25, 0.3) is 5.65 Å². The van der Waals surface area contributed by atoms with E-state index >= 15 is 0 Å². The van der Waals surface area contributed by atoms with Crippen molar-refractivity contribution in [3.63, 3.8) is 0 Å². The van der Waals surface area contributed by atoms with Crippen LogP contribution in [0.1, 0.15) is 22.7 Å². The first kappa shape index (κ1) is 12.7. The zero-order chi connectivity index (χ0) is 14.1. The third-order valence-electron chi connectivity index (χ3n) is 3.44. The van der Waals surface area contributed by atoms with Gasteiger partial charge in [-0.25, -0.2) is 4.98 Å². The van der Waals surface area contributed by atoms with Gasteiger partial charge in [-0.3, -0.25) is 0 Å². The average molecular weight is 270 g/mol. The maximum atomic E-state index is 5.33. The fourth-order valence-corrected chi connectivity index (χ4v) is 2.25. The van der Waals surface area contributed by atoms with Crippen LogP contribution >= 0.6 is 0 Å². The van der Waals surface area contributed by atoms with Gasteiger partial charge in [-0.15, -0.1) is 0 Å². The molecule has 0 aromatic carbocycles. The zero-order valence-electron chi connectivity index (χ0n) is 12.0. The summed E-state index contributed by atoms with van der Waals surface area (Å²) in [6.45, 7) is 6.85. The van der Waals surface area contributed by atoms with E-state index in [4.69, 9.17) is 4.42 Å². The van der Waals surface area contributed by atoms with Gasteiger partial charge in [0.2, 0.25) is 0 Å². The number of hydrogen-bond acceptors (Lipinski definition) is 4. The Morgan fingerprint density at radius 1 is 1.30 bits per heavy atom. The van der Waals surface area contributed by atoms with Crippen LogP contribution in [0.3, 0.4) is 0 Å². The summed E-state index contributed by atoms with van der Waals surface area (Å²) in [5, 5.41) is 7.95.